The molecule has 0 heterocycles. The molecule has 0 aliphatic heterocycles. The number of carbonyl (C=O) groups excluding carboxylic acids is 1. The van der Waals surface area contributed by atoms with Crippen molar-refractivity contribution in [2.75, 3.05) is 19.0 Å². The topological polar surface area (TPSA) is 93.7 Å². The first-order valence-corrected chi connectivity index (χ1v) is 9.96. The Bertz CT molecular complexity index is 895. The van der Waals surface area contributed by atoms with Crippen LogP contribution < -0.4 is 19.5 Å². The van der Waals surface area contributed by atoms with Crippen LogP contribution >= 0.6 is 0 Å². The monoisotopic (exact) mass is 392 g/mol. The second kappa shape index (κ2) is 8.88. The summed E-state index contributed by atoms with van der Waals surface area (Å²) >= 11 is 0. The van der Waals surface area contributed by atoms with E-state index in [9.17, 15) is 13.2 Å². The van der Waals surface area contributed by atoms with Crippen LogP contribution in [0.4, 0.5) is 5.69 Å². The lowest BCUT2D eigenvalue weighted by atomic mass is 10.2. The second-order valence-electron chi connectivity index (χ2n) is 5.94. The van der Waals surface area contributed by atoms with Gasteiger partial charge >= 0.3 is 0 Å². The van der Waals surface area contributed by atoms with Crippen molar-refractivity contribution in [3.63, 3.8) is 0 Å². The van der Waals surface area contributed by atoms with Crippen LogP contribution in [0.3, 0.4) is 0 Å². The van der Waals surface area contributed by atoms with Gasteiger partial charge in [0.2, 0.25) is 15.9 Å². The molecule has 0 bridgehead atoms. The number of benzene rings is 2. The molecule has 0 saturated carbocycles. The molecule has 0 spiro atoms. The molecule has 146 valence electrons. The summed E-state index contributed by atoms with van der Waals surface area (Å²) < 4.78 is 37.9. The molecule has 7 nitrogen and oxygen atoms in total. The molecule has 27 heavy (non-hydrogen) atoms. The Labute approximate surface area is 159 Å². The lowest BCUT2D eigenvalue weighted by Crippen LogP contribution is -2.41. The fraction of sp³-hybridized carbons (Fsp3) is 0.316. The van der Waals surface area contributed by atoms with E-state index in [4.69, 9.17) is 9.47 Å². The zero-order chi connectivity index (χ0) is 20.0. The summed E-state index contributed by atoms with van der Waals surface area (Å²) in [5.41, 5.74) is 1.42. The van der Waals surface area contributed by atoms with Gasteiger partial charge < -0.3 is 14.8 Å². The van der Waals surface area contributed by atoms with E-state index < -0.39 is 22.0 Å². The molecule has 0 unspecified atom stereocenters. The summed E-state index contributed by atoms with van der Waals surface area (Å²) in [4.78, 5) is 12.5. The molecule has 0 aromatic heterocycles. The van der Waals surface area contributed by atoms with Gasteiger partial charge in [-0.15, -0.1) is 0 Å². The van der Waals surface area contributed by atoms with E-state index in [0.29, 0.717) is 23.8 Å². The van der Waals surface area contributed by atoms with Crippen molar-refractivity contribution in [2.24, 2.45) is 0 Å². The van der Waals surface area contributed by atoms with Crippen molar-refractivity contribution in [3.05, 3.63) is 48.0 Å². The maximum absolute atomic E-state index is 12.5. The number of nitrogens with one attached hydrogen (secondary N) is 2. The van der Waals surface area contributed by atoms with Crippen LogP contribution in [0.15, 0.2) is 47.4 Å². The summed E-state index contributed by atoms with van der Waals surface area (Å²) in [5, 5.41) is 2.69. The summed E-state index contributed by atoms with van der Waals surface area (Å²) in [6, 6.07) is 10.4. The van der Waals surface area contributed by atoms with Crippen LogP contribution in [0.5, 0.6) is 11.5 Å². The minimum absolute atomic E-state index is 0.0544. The number of carbonyl (C=O) groups is 1. The number of methoxy groups -OCH3 is 1. The molecule has 0 aliphatic carbocycles. The Kier molecular flexibility index (Phi) is 6.81. The van der Waals surface area contributed by atoms with E-state index in [1.54, 1.807) is 24.3 Å². The van der Waals surface area contributed by atoms with Gasteiger partial charge in [-0.05, 0) is 62.7 Å². The van der Waals surface area contributed by atoms with E-state index in [2.05, 4.69) is 10.0 Å². The van der Waals surface area contributed by atoms with Gasteiger partial charge in [0, 0.05) is 0 Å². The molecule has 2 aromatic rings. The molecule has 1 atom stereocenters. The minimum Gasteiger partial charge on any atom is -0.495 e. The molecule has 0 fully saturated rings. The molecule has 2 rings (SSSR count). The van der Waals surface area contributed by atoms with Crippen molar-refractivity contribution in [2.45, 2.75) is 31.7 Å². The molecular weight excluding hydrogens is 368 g/mol. The first-order chi connectivity index (χ1) is 12.8. The summed E-state index contributed by atoms with van der Waals surface area (Å²) in [7, 11) is -2.35. The largest absolute Gasteiger partial charge is 0.495 e. The zero-order valence-corrected chi connectivity index (χ0v) is 16.6. The lowest BCUT2D eigenvalue weighted by molar-refractivity contribution is -0.117. The fourth-order valence-electron chi connectivity index (χ4n) is 2.40. The number of hydrogen-bond acceptors (Lipinski definition) is 5. The predicted molar refractivity (Wildman–Crippen MR) is 104 cm³/mol. The molecule has 0 aliphatic rings. The predicted octanol–water partition coefficient (Wildman–Crippen LogP) is 2.71. The third-order valence-electron chi connectivity index (χ3n) is 3.78. The van der Waals surface area contributed by atoms with Gasteiger partial charge in [0.25, 0.3) is 0 Å². The summed E-state index contributed by atoms with van der Waals surface area (Å²) in [6.07, 6.45) is 0. The van der Waals surface area contributed by atoms with E-state index >= 15 is 0 Å². The number of aryl methyl sites for hydroxylation is 1. The highest BCUT2D eigenvalue weighted by molar-refractivity contribution is 7.89. The number of rotatable bonds is 8. The molecule has 2 N–H and O–H groups in total. The third kappa shape index (κ3) is 5.45. The summed E-state index contributed by atoms with van der Waals surface area (Å²) in [6.45, 7) is 5.69. The highest BCUT2D eigenvalue weighted by atomic mass is 32.2. The Morgan fingerprint density at radius 2 is 1.81 bits per heavy atom. The standard InChI is InChI=1S/C19H24N2O5S/c1-5-26-15-7-9-16(10-8-15)27(23,24)21-14(3)19(22)20-17-12-13(2)6-11-18(17)25-4/h6-12,14,21H,5H2,1-4H3,(H,20,22)/t14-/m0/s1. The van der Waals surface area contributed by atoms with Gasteiger partial charge in [0.15, 0.2) is 0 Å². The van der Waals surface area contributed by atoms with Gasteiger partial charge in [0.05, 0.1) is 30.3 Å². The number of anilines is 1. The van der Waals surface area contributed by atoms with Crippen LogP contribution in [0, 0.1) is 6.92 Å². The van der Waals surface area contributed by atoms with E-state index in [1.807, 2.05) is 19.9 Å². The van der Waals surface area contributed by atoms with Gasteiger partial charge in [0.1, 0.15) is 11.5 Å². The average Bonchev–Trinajstić information content (AvgIpc) is 2.62. The van der Waals surface area contributed by atoms with Gasteiger partial charge in [-0.1, -0.05) is 6.07 Å². The van der Waals surface area contributed by atoms with Crippen LogP contribution in [0.1, 0.15) is 19.4 Å². The van der Waals surface area contributed by atoms with Crippen molar-refractivity contribution in [3.8, 4) is 11.5 Å². The van der Waals surface area contributed by atoms with Gasteiger partial charge in [-0.25, -0.2) is 8.42 Å². The first-order valence-electron chi connectivity index (χ1n) is 8.47. The highest BCUT2D eigenvalue weighted by Crippen LogP contribution is 2.25. The number of hydrogen-bond donors (Lipinski definition) is 2. The van der Waals surface area contributed by atoms with Crippen LogP contribution in [-0.2, 0) is 14.8 Å². The normalized spacial score (nSPS) is 12.3. The number of amides is 1. The Morgan fingerprint density at radius 3 is 2.41 bits per heavy atom. The maximum atomic E-state index is 12.5. The van der Waals surface area contributed by atoms with Gasteiger partial charge in [-0.2, -0.15) is 4.72 Å². The number of sulfonamides is 1. The highest BCUT2D eigenvalue weighted by Gasteiger charge is 2.23. The zero-order valence-electron chi connectivity index (χ0n) is 15.8. The van der Waals surface area contributed by atoms with Crippen LogP contribution in [0.25, 0.3) is 0 Å². The average molecular weight is 392 g/mol. The molecule has 2 aromatic carbocycles. The number of ether oxygens (including phenoxy) is 2. The molecule has 8 heteroatoms. The quantitative estimate of drug-likeness (QED) is 0.720. The SMILES string of the molecule is CCOc1ccc(S(=O)(=O)N[C@@H](C)C(=O)Nc2cc(C)ccc2OC)cc1. The fourth-order valence-corrected chi connectivity index (χ4v) is 3.60. The van der Waals surface area contributed by atoms with Crippen molar-refractivity contribution in [1.82, 2.24) is 4.72 Å². The summed E-state index contributed by atoms with van der Waals surface area (Å²) in [5.74, 6) is 0.581. The van der Waals surface area contributed by atoms with Crippen LogP contribution in [0.2, 0.25) is 0 Å². The molecule has 1 amide bonds. The third-order valence-corrected chi connectivity index (χ3v) is 5.34. The van der Waals surface area contributed by atoms with Gasteiger partial charge in [-0.3, -0.25) is 4.79 Å². The molecule has 0 saturated heterocycles. The second-order valence-corrected chi connectivity index (χ2v) is 7.65. The van der Waals surface area contributed by atoms with Crippen LogP contribution in [-0.4, -0.2) is 34.1 Å². The first kappa shape index (κ1) is 20.7. The lowest BCUT2D eigenvalue weighted by Gasteiger charge is -2.16. The Balaban J connectivity index is 2.09. The smallest absolute Gasteiger partial charge is 0.242 e. The Hall–Kier alpha value is -2.58. The minimum atomic E-state index is -3.85. The van der Waals surface area contributed by atoms with Crippen molar-refractivity contribution >= 4 is 21.6 Å². The van der Waals surface area contributed by atoms with E-state index in [0.717, 1.165) is 5.56 Å². The maximum Gasteiger partial charge on any atom is 0.242 e. The van der Waals surface area contributed by atoms with E-state index in [1.165, 1.54) is 26.2 Å². The van der Waals surface area contributed by atoms with E-state index in [-0.39, 0.29) is 4.90 Å². The Morgan fingerprint density at radius 1 is 1.15 bits per heavy atom. The molecule has 0 radical (unpaired) electrons. The van der Waals surface area contributed by atoms with Crippen molar-refractivity contribution in [1.29, 1.82) is 0 Å². The molecular formula is C19H24N2O5S. The van der Waals surface area contributed by atoms with Crippen molar-refractivity contribution < 1.29 is 22.7 Å².